The summed E-state index contributed by atoms with van der Waals surface area (Å²) >= 11 is 0. The average Bonchev–Trinajstić information content (AvgIpc) is 2.87. The van der Waals surface area contributed by atoms with Gasteiger partial charge in [0.2, 0.25) is 0 Å². The lowest BCUT2D eigenvalue weighted by Gasteiger charge is -2.32. The maximum atomic E-state index is 13.5. The third-order valence-electron chi connectivity index (χ3n) is 4.59. The first-order chi connectivity index (χ1) is 10.6. The molecule has 0 fully saturated rings. The van der Waals surface area contributed by atoms with E-state index in [9.17, 15) is 4.39 Å². The van der Waals surface area contributed by atoms with Crippen LogP contribution in [0.5, 0.6) is 0 Å². The van der Waals surface area contributed by atoms with E-state index in [1.807, 2.05) is 24.0 Å². The fraction of sp³-hybridized carbons (Fsp3) is 0.278. The highest BCUT2D eigenvalue weighted by atomic mass is 19.1. The first kappa shape index (κ1) is 13.5. The van der Waals surface area contributed by atoms with Crippen LogP contribution in [-0.2, 0) is 13.6 Å². The van der Waals surface area contributed by atoms with Gasteiger partial charge < -0.3 is 4.90 Å². The van der Waals surface area contributed by atoms with Gasteiger partial charge >= 0.3 is 0 Å². The summed E-state index contributed by atoms with van der Waals surface area (Å²) in [6.45, 7) is 1.75. The lowest BCUT2D eigenvalue weighted by atomic mass is 9.84. The third-order valence-corrected chi connectivity index (χ3v) is 4.59. The van der Waals surface area contributed by atoms with Crippen LogP contribution in [0, 0.1) is 5.82 Å². The van der Waals surface area contributed by atoms with E-state index < -0.39 is 0 Å². The van der Waals surface area contributed by atoms with Crippen LogP contribution >= 0.6 is 0 Å². The maximum absolute atomic E-state index is 13.5. The molecule has 0 N–H and O–H groups in total. The minimum absolute atomic E-state index is 0.158. The van der Waals surface area contributed by atoms with Crippen molar-refractivity contribution in [3.05, 3.63) is 65.1 Å². The number of hydrogen-bond donors (Lipinski definition) is 0. The number of nitrogens with zero attached hydrogens (tertiary/aromatic N) is 3. The zero-order valence-corrected chi connectivity index (χ0v) is 12.8. The molecule has 3 nitrogen and oxygen atoms in total. The molecule has 1 aliphatic heterocycles. The lowest BCUT2D eigenvalue weighted by molar-refractivity contribution is 0.294. The van der Waals surface area contributed by atoms with Crippen LogP contribution in [0.3, 0.4) is 0 Å². The molecule has 1 aliphatic rings. The number of benzene rings is 2. The van der Waals surface area contributed by atoms with Gasteiger partial charge in [-0.15, -0.1) is 0 Å². The van der Waals surface area contributed by atoms with Gasteiger partial charge in [0, 0.05) is 31.4 Å². The molecule has 2 aromatic carbocycles. The summed E-state index contributed by atoms with van der Waals surface area (Å²) in [4.78, 5) is 2.25. The SMILES string of the molecule is CN1Cc2cc(F)ccc2C(c2ccc3cnn(C)c3c2)C1. The van der Waals surface area contributed by atoms with Gasteiger partial charge in [0.05, 0.1) is 11.7 Å². The number of aromatic nitrogens is 2. The molecule has 0 saturated carbocycles. The number of aryl methyl sites for hydroxylation is 1. The molecular formula is C18H18FN3. The van der Waals surface area contributed by atoms with Gasteiger partial charge in [0.15, 0.2) is 0 Å². The van der Waals surface area contributed by atoms with Crippen LogP contribution in [0.25, 0.3) is 10.9 Å². The Kier molecular flexibility index (Phi) is 3.01. The van der Waals surface area contributed by atoms with Crippen LogP contribution in [0.15, 0.2) is 42.6 Å². The summed E-state index contributed by atoms with van der Waals surface area (Å²) in [7, 11) is 4.05. The second-order valence-electron chi connectivity index (χ2n) is 6.18. The van der Waals surface area contributed by atoms with Crippen molar-refractivity contribution in [2.45, 2.75) is 12.5 Å². The summed E-state index contributed by atoms with van der Waals surface area (Å²) < 4.78 is 15.4. The molecule has 1 atom stereocenters. The van der Waals surface area contributed by atoms with E-state index in [2.05, 4.69) is 35.2 Å². The highest BCUT2D eigenvalue weighted by molar-refractivity contribution is 5.79. The first-order valence-corrected chi connectivity index (χ1v) is 7.50. The Morgan fingerprint density at radius 2 is 2.00 bits per heavy atom. The van der Waals surface area contributed by atoms with Crippen LogP contribution in [0.4, 0.5) is 4.39 Å². The highest BCUT2D eigenvalue weighted by Crippen LogP contribution is 2.34. The van der Waals surface area contributed by atoms with E-state index in [0.717, 1.165) is 29.6 Å². The van der Waals surface area contributed by atoms with Gasteiger partial charge in [-0.25, -0.2) is 4.39 Å². The monoisotopic (exact) mass is 295 g/mol. The predicted molar refractivity (Wildman–Crippen MR) is 85.3 cm³/mol. The minimum atomic E-state index is -0.158. The van der Waals surface area contributed by atoms with Crippen molar-refractivity contribution in [1.29, 1.82) is 0 Å². The van der Waals surface area contributed by atoms with E-state index in [1.165, 1.54) is 11.1 Å². The smallest absolute Gasteiger partial charge is 0.123 e. The Labute approximate surface area is 129 Å². The quantitative estimate of drug-likeness (QED) is 0.687. The largest absolute Gasteiger partial charge is 0.301 e. The second-order valence-corrected chi connectivity index (χ2v) is 6.18. The Hall–Kier alpha value is -2.20. The lowest BCUT2D eigenvalue weighted by Crippen LogP contribution is -2.31. The van der Waals surface area contributed by atoms with Gasteiger partial charge in [0.1, 0.15) is 5.82 Å². The van der Waals surface area contributed by atoms with Gasteiger partial charge in [-0.05, 0) is 41.9 Å². The fourth-order valence-electron chi connectivity index (χ4n) is 3.48. The molecule has 112 valence electrons. The van der Waals surface area contributed by atoms with Crippen molar-refractivity contribution in [3.63, 3.8) is 0 Å². The van der Waals surface area contributed by atoms with Crippen LogP contribution in [0.2, 0.25) is 0 Å². The van der Waals surface area contributed by atoms with E-state index >= 15 is 0 Å². The number of likely N-dealkylation sites (N-methyl/N-ethyl adjacent to an activating group) is 1. The van der Waals surface area contributed by atoms with Crippen molar-refractivity contribution < 1.29 is 4.39 Å². The number of fused-ring (bicyclic) bond motifs is 2. The summed E-state index contributed by atoms with van der Waals surface area (Å²) in [6, 6.07) is 11.7. The zero-order chi connectivity index (χ0) is 15.3. The third kappa shape index (κ3) is 2.11. The fourth-order valence-corrected chi connectivity index (χ4v) is 3.48. The van der Waals surface area contributed by atoms with Crippen LogP contribution in [-0.4, -0.2) is 28.3 Å². The molecule has 0 aliphatic carbocycles. The Morgan fingerprint density at radius 3 is 2.86 bits per heavy atom. The second kappa shape index (κ2) is 4.92. The van der Waals surface area contributed by atoms with Crippen molar-refractivity contribution in [1.82, 2.24) is 14.7 Å². The van der Waals surface area contributed by atoms with E-state index in [4.69, 9.17) is 0 Å². The zero-order valence-electron chi connectivity index (χ0n) is 12.8. The van der Waals surface area contributed by atoms with Crippen molar-refractivity contribution >= 4 is 10.9 Å². The van der Waals surface area contributed by atoms with Gasteiger partial charge in [-0.1, -0.05) is 18.2 Å². The summed E-state index contributed by atoms with van der Waals surface area (Å²) in [5.74, 6) is 0.114. The molecule has 0 radical (unpaired) electrons. The van der Waals surface area contributed by atoms with E-state index in [1.54, 1.807) is 12.1 Å². The van der Waals surface area contributed by atoms with E-state index in [0.29, 0.717) is 0 Å². The molecule has 0 spiro atoms. The van der Waals surface area contributed by atoms with E-state index in [-0.39, 0.29) is 11.7 Å². The van der Waals surface area contributed by atoms with Crippen molar-refractivity contribution in [3.8, 4) is 0 Å². The van der Waals surface area contributed by atoms with Crippen LogP contribution < -0.4 is 0 Å². The molecule has 0 saturated heterocycles. The number of rotatable bonds is 1. The first-order valence-electron chi connectivity index (χ1n) is 7.50. The summed E-state index contributed by atoms with van der Waals surface area (Å²) in [6.07, 6.45) is 1.88. The highest BCUT2D eigenvalue weighted by Gasteiger charge is 2.25. The molecule has 1 aromatic heterocycles. The van der Waals surface area contributed by atoms with Crippen molar-refractivity contribution in [2.75, 3.05) is 13.6 Å². The molecule has 4 rings (SSSR count). The van der Waals surface area contributed by atoms with Gasteiger partial charge in [-0.2, -0.15) is 5.10 Å². The topological polar surface area (TPSA) is 21.1 Å². The van der Waals surface area contributed by atoms with Gasteiger partial charge in [-0.3, -0.25) is 4.68 Å². The Bertz CT molecular complexity index is 853. The van der Waals surface area contributed by atoms with Gasteiger partial charge in [0.25, 0.3) is 0 Å². The Balaban J connectivity index is 1.85. The minimum Gasteiger partial charge on any atom is -0.301 e. The molecule has 1 unspecified atom stereocenters. The summed E-state index contributed by atoms with van der Waals surface area (Å²) in [5.41, 5.74) is 4.72. The summed E-state index contributed by atoms with van der Waals surface area (Å²) in [5, 5.41) is 5.46. The predicted octanol–water partition coefficient (Wildman–Crippen LogP) is 3.29. The standard InChI is InChI=1S/C18H18FN3/c1-21-10-14-7-15(19)5-6-16(14)17(11-21)12-3-4-13-9-20-22(2)18(13)8-12/h3-9,17H,10-11H2,1-2H3. The maximum Gasteiger partial charge on any atom is 0.123 e. The number of hydrogen-bond acceptors (Lipinski definition) is 2. The normalized spacial score (nSPS) is 18.6. The molecule has 0 amide bonds. The number of halogens is 1. The van der Waals surface area contributed by atoms with Crippen molar-refractivity contribution in [2.24, 2.45) is 7.05 Å². The molecule has 3 aromatic rings. The average molecular weight is 295 g/mol. The molecule has 0 bridgehead atoms. The van der Waals surface area contributed by atoms with Crippen LogP contribution in [0.1, 0.15) is 22.6 Å². The molecular weight excluding hydrogens is 277 g/mol. The molecule has 22 heavy (non-hydrogen) atoms. The Morgan fingerprint density at radius 1 is 1.14 bits per heavy atom. The molecule has 4 heteroatoms. The molecule has 2 heterocycles.